The van der Waals surface area contributed by atoms with Gasteiger partial charge in [-0.1, -0.05) is 18.2 Å². The Morgan fingerprint density at radius 2 is 1.80 bits per heavy atom. The van der Waals surface area contributed by atoms with E-state index in [1.165, 1.54) is 12.1 Å². The summed E-state index contributed by atoms with van der Waals surface area (Å²) in [6.45, 7) is 0. The summed E-state index contributed by atoms with van der Waals surface area (Å²) in [5.41, 5.74) is 0.505. The molecule has 3 heterocycles. The van der Waals surface area contributed by atoms with Gasteiger partial charge in [0.1, 0.15) is 0 Å². The number of rotatable bonds is 2. The van der Waals surface area contributed by atoms with Crippen LogP contribution in [0.15, 0.2) is 53.5 Å². The van der Waals surface area contributed by atoms with Crippen LogP contribution >= 0.6 is 0 Å². The number of nitrogens with one attached hydrogen (secondary N) is 2. The Hall–Kier alpha value is -3.36. The molecule has 4 rings (SSSR count). The zero-order valence-corrected chi connectivity index (χ0v) is 12.5. The Kier molecular flexibility index (Phi) is 3.24. The number of aromatic amines is 2. The van der Waals surface area contributed by atoms with Crippen LogP contribution in [0, 0.1) is 0 Å². The molecular weight excluding hydrogens is 335 g/mol. The number of alkyl halides is 3. The van der Waals surface area contributed by atoms with Crippen LogP contribution in [0.25, 0.3) is 28.4 Å². The number of fused-ring (bicyclic) bond motifs is 1. The summed E-state index contributed by atoms with van der Waals surface area (Å²) in [5, 5.41) is 6.13. The molecule has 0 atom stereocenters. The fraction of sp³-hybridized carbons (Fsp3) is 0.0625. The predicted molar refractivity (Wildman–Crippen MR) is 83.8 cm³/mol. The van der Waals surface area contributed by atoms with Crippen molar-refractivity contribution in [3.8, 4) is 22.9 Å². The van der Waals surface area contributed by atoms with Gasteiger partial charge in [0.25, 0.3) is 0 Å². The minimum Gasteiger partial charge on any atom is -0.296 e. The number of hydrogen-bond acceptors (Lipinski definition) is 3. The van der Waals surface area contributed by atoms with Crippen LogP contribution in [0.2, 0.25) is 0 Å². The number of halogens is 3. The molecule has 3 aromatic heterocycles. The highest BCUT2D eigenvalue weighted by Crippen LogP contribution is 2.32. The van der Waals surface area contributed by atoms with Crippen LogP contribution in [0.1, 0.15) is 5.56 Å². The Morgan fingerprint density at radius 1 is 1.04 bits per heavy atom. The van der Waals surface area contributed by atoms with Gasteiger partial charge in [0.2, 0.25) is 0 Å². The first-order chi connectivity index (χ1) is 11.9. The van der Waals surface area contributed by atoms with E-state index in [0.717, 1.165) is 12.1 Å². The number of aromatic nitrogens is 5. The number of H-pyrrole nitrogens is 2. The van der Waals surface area contributed by atoms with Crippen LogP contribution in [0.4, 0.5) is 13.2 Å². The van der Waals surface area contributed by atoms with Crippen LogP contribution in [-0.4, -0.2) is 24.6 Å². The van der Waals surface area contributed by atoms with Crippen molar-refractivity contribution >= 4 is 5.52 Å². The van der Waals surface area contributed by atoms with Gasteiger partial charge < -0.3 is 0 Å². The van der Waals surface area contributed by atoms with Crippen LogP contribution in [-0.2, 0) is 6.18 Å². The maximum absolute atomic E-state index is 12.7. The highest BCUT2D eigenvalue weighted by Gasteiger charge is 2.30. The molecule has 0 aliphatic rings. The van der Waals surface area contributed by atoms with E-state index in [9.17, 15) is 18.0 Å². The molecule has 6 nitrogen and oxygen atoms in total. The van der Waals surface area contributed by atoms with E-state index < -0.39 is 17.4 Å². The van der Waals surface area contributed by atoms with E-state index in [2.05, 4.69) is 20.2 Å². The number of benzene rings is 1. The molecule has 0 aliphatic carbocycles. The van der Waals surface area contributed by atoms with Crippen molar-refractivity contribution in [2.24, 2.45) is 0 Å². The van der Waals surface area contributed by atoms with Crippen molar-refractivity contribution in [1.82, 2.24) is 24.6 Å². The number of nitrogens with zero attached hydrogens (tertiary/aromatic N) is 3. The maximum Gasteiger partial charge on any atom is 0.416 e. The molecule has 9 heteroatoms. The molecule has 25 heavy (non-hydrogen) atoms. The van der Waals surface area contributed by atoms with Crippen molar-refractivity contribution < 1.29 is 13.2 Å². The molecular formula is C16H10F3N5O. The fourth-order valence-electron chi connectivity index (χ4n) is 2.61. The molecule has 4 aromatic rings. The van der Waals surface area contributed by atoms with Gasteiger partial charge >= 0.3 is 11.9 Å². The summed E-state index contributed by atoms with van der Waals surface area (Å²) in [5.74, 6) is 0.619. The molecule has 0 unspecified atom stereocenters. The molecule has 1 aromatic carbocycles. The first-order valence-electron chi connectivity index (χ1n) is 7.23. The molecule has 0 aliphatic heterocycles. The molecule has 0 radical (unpaired) electrons. The quantitative estimate of drug-likeness (QED) is 0.586. The summed E-state index contributed by atoms with van der Waals surface area (Å²) < 4.78 is 39.9. The van der Waals surface area contributed by atoms with Crippen molar-refractivity contribution in [3.63, 3.8) is 0 Å². The fourth-order valence-corrected chi connectivity index (χ4v) is 2.61. The molecule has 0 spiro atoms. The maximum atomic E-state index is 12.7. The third kappa shape index (κ3) is 2.59. The van der Waals surface area contributed by atoms with Gasteiger partial charge in [0.15, 0.2) is 11.6 Å². The normalized spacial score (nSPS) is 12.0. The second-order valence-corrected chi connectivity index (χ2v) is 5.34. The monoisotopic (exact) mass is 345 g/mol. The molecule has 0 fully saturated rings. The van der Waals surface area contributed by atoms with Crippen LogP contribution < -0.4 is 5.69 Å². The predicted octanol–water partition coefficient (Wildman–Crippen LogP) is 3.10. The standard InChI is InChI=1S/C16H10F3N5O/c17-16(18,19)10-6-4-9(5-7-10)12-11-3-1-2-8-24(11)14(20-12)13-21-15(25)23-22-13/h1-8H,(H2,21,22,23,25). The van der Waals surface area contributed by atoms with Gasteiger partial charge in [-0.05, 0) is 24.3 Å². The zero-order chi connectivity index (χ0) is 17.6. The summed E-state index contributed by atoms with van der Waals surface area (Å²) >= 11 is 0. The third-order valence-corrected chi connectivity index (χ3v) is 3.75. The number of imidazole rings is 1. The Bertz CT molecular complexity index is 1110. The lowest BCUT2D eigenvalue weighted by atomic mass is 10.1. The van der Waals surface area contributed by atoms with E-state index in [1.807, 2.05) is 0 Å². The summed E-state index contributed by atoms with van der Waals surface area (Å²) in [7, 11) is 0. The lowest BCUT2D eigenvalue weighted by Gasteiger charge is -2.06. The molecule has 0 bridgehead atoms. The van der Waals surface area contributed by atoms with Gasteiger partial charge in [-0.3, -0.25) is 9.38 Å². The largest absolute Gasteiger partial charge is 0.416 e. The van der Waals surface area contributed by atoms with Gasteiger partial charge in [-0.25, -0.2) is 14.9 Å². The van der Waals surface area contributed by atoms with Crippen molar-refractivity contribution in [2.45, 2.75) is 6.18 Å². The smallest absolute Gasteiger partial charge is 0.296 e. The molecule has 0 saturated heterocycles. The van der Waals surface area contributed by atoms with Gasteiger partial charge in [-0.2, -0.15) is 13.2 Å². The third-order valence-electron chi connectivity index (χ3n) is 3.75. The Labute approximate surface area is 138 Å². The van der Waals surface area contributed by atoms with Crippen molar-refractivity contribution in [2.75, 3.05) is 0 Å². The van der Waals surface area contributed by atoms with E-state index in [1.54, 1.807) is 28.8 Å². The molecule has 0 amide bonds. The van der Waals surface area contributed by atoms with E-state index in [4.69, 9.17) is 0 Å². The van der Waals surface area contributed by atoms with E-state index >= 15 is 0 Å². The Morgan fingerprint density at radius 3 is 2.44 bits per heavy atom. The Balaban J connectivity index is 1.89. The van der Waals surface area contributed by atoms with Gasteiger partial charge in [0.05, 0.1) is 16.8 Å². The van der Waals surface area contributed by atoms with Crippen LogP contribution in [0.5, 0.6) is 0 Å². The highest BCUT2D eigenvalue weighted by molar-refractivity contribution is 5.80. The van der Waals surface area contributed by atoms with Crippen LogP contribution in [0.3, 0.4) is 0 Å². The lowest BCUT2D eigenvalue weighted by molar-refractivity contribution is -0.137. The average Bonchev–Trinajstić information content (AvgIpc) is 3.18. The first-order valence-corrected chi connectivity index (χ1v) is 7.23. The molecule has 126 valence electrons. The second kappa shape index (κ2) is 5.33. The summed E-state index contributed by atoms with van der Waals surface area (Å²) in [4.78, 5) is 18.3. The summed E-state index contributed by atoms with van der Waals surface area (Å²) in [6.07, 6.45) is -2.66. The van der Waals surface area contributed by atoms with Gasteiger partial charge in [0, 0.05) is 11.8 Å². The topological polar surface area (TPSA) is 78.8 Å². The highest BCUT2D eigenvalue weighted by atomic mass is 19.4. The zero-order valence-electron chi connectivity index (χ0n) is 12.5. The SMILES string of the molecule is O=c1[nH]nc(-c2nc(-c3ccc(C(F)(F)F)cc3)c3ccccn23)[nH]1. The minimum atomic E-state index is -4.39. The van der Waals surface area contributed by atoms with E-state index in [-0.39, 0.29) is 5.82 Å². The van der Waals surface area contributed by atoms with Gasteiger partial charge in [-0.15, -0.1) is 5.10 Å². The molecule has 2 N–H and O–H groups in total. The molecule has 0 saturated carbocycles. The average molecular weight is 345 g/mol. The summed E-state index contributed by atoms with van der Waals surface area (Å²) in [6, 6.07) is 10.1. The minimum absolute atomic E-state index is 0.240. The second-order valence-electron chi connectivity index (χ2n) is 5.34. The van der Waals surface area contributed by atoms with E-state index in [0.29, 0.717) is 22.6 Å². The van der Waals surface area contributed by atoms with Crippen molar-refractivity contribution in [3.05, 3.63) is 64.7 Å². The number of hydrogen-bond donors (Lipinski definition) is 2. The lowest BCUT2D eigenvalue weighted by Crippen LogP contribution is -2.04. The first kappa shape index (κ1) is 15.2. The number of pyridine rings is 1. The van der Waals surface area contributed by atoms with Crippen molar-refractivity contribution in [1.29, 1.82) is 0 Å².